The van der Waals surface area contributed by atoms with Gasteiger partial charge < -0.3 is 10.1 Å². The first-order valence-corrected chi connectivity index (χ1v) is 8.76. The molecule has 3 aromatic carbocycles. The first-order valence-electron chi connectivity index (χ1n) is 8.38. The number of non-ortho nitro benzene ring substituents is 1. The third-order valence-electron chi connectivity index (χ3n) is 4.08. The molecule has 27 heavy (non-hydrogen) atoms. The monoisotopic (exact) mass is 384 g/mol. The molecule has 0 aliphatic carbocycles. The summed E-state index contributed by atoms with van der Waals surface area (Å²) in [7, 11) is 0. The molecule has 138 valence electrons. The maximum Gasteiger partial charge on any atom is 0.271 e. The lowest BCUT2D eigenvalue weighted by Crippen LogP contribution is -2.32. The molecule has 1 N–H and O–H groups in total. The summed E-state index contributed by atoms with van der Waals surface area (Å²) in [4.78, 5) is 22.9. The molecule has 0 unspecified atom stereocenters. The van der Waals surface area contributed by atoms with Crippen LogP contribution in [0.4, 0.5) is 11.4 Å². The summed E-state index contributed by atoms with van der Waals surface area (Å²) in [5, 5.41) is 15.8. The molecule has 3 rings (SSSR count). The number of hydrogen-bond acceptors (Lipinski definition) is 4. The van der Waals surface area contributed by atoms with Crippen molar-refractivity contribution >= 4 is 39.7 Å². The molecule has 0 aromatic heterocycles. The summed E-state index contributed by atoms with van der Waals surface area (Å²) in [5.74, 6) is 0.147. The van der Waals surface area contributed by atoms with E-state index in [0.717, 1.165) is 10.8 Å². The van der Waals surface area contributed by atoms with Crippen LogP contribution < -0.4 is 10.1 Å². The summed E-state index contributed by atoms with van der Waals surface area (Å²) >= 11 is 6.04. The van der Waals surface area contributed by atoms with Crippen LogP contribution in [-0.4, -0.2) is 16.9 Å². The van der Waals surface area contributed by atoms with E-state index >= 15 is 0 Å². The molecular weight excluding hydrogens is 368 g/mol. The standard InChI is InChI=1S/C20H17ClN2O4/c1-2-19(27-16-9-7-13-5-3-4-6-14(13)11-16)20(24)22-18-12-15(23(25)26)8-10-17(18)21/h3-12,19H,2H2,1H3,(H,22,24)/t19-/m1/s1. The van der Waals surface area contributed by atoms with E-state index in [4.69, 9.17) is 16.3 Å². The van der Waals surface area contributed by atoms with E-state index in [1.54, 1.807) is 6.07 Å². The molecule has 0 radical (unpaired) electrons. The largest absolute Gasteiger partial charge is 0.481 e. The van der Waals surface area contributed by atoms with Gasteiger partial charge in [-0.1, -0.05) is 48.9 Å². The van der Waals surface area contributed by atoms with E-state index in [2.05, 4.69) is 5.32 Å². The summed E-state index contributed by atoms with van der Waals surface area (Å²) < 4.78 is 5.83. The van der Waals surface area contributed by atoms with Gasteiger partial charge in [0.1, 0.15) is 5.75 Å². The van der Waals surface area contributed by atoms with E-state index in [9.17, 15) is 14.9 Å². The van der Waals surface area contributed by atoms with Crippen molar-refractivity contribution in [3.63, 3.8) is 0 Å². The van der Waals surface area contributed by atoms with Crippen LogP contribution in [-0.2, 0) is 4.79 Å². The van der Waals surface area contributed by atoms with Gasteiger partial charge in [0.25, 0.3) is 11.6 Å². The summed E-state index contributed by atoms with van der Waals surface area (Å²) in [6.45, 7) is 1.82. The molecule has 0 spiro atoms. The van der Waals surface area contributed by atoms with Gasteiger partial charge in [-0.15, -0.1) is 0 Å². The Morgan fingerprint density at radius 2 is 1.89 bits per heavy atom. The van der Waals surface area contributed by atoms with Crippen molar-refractivity contribution in [2.45, 2.75) is 19.4 Å². The summed E-state index contributed by atoms with van der Waals surface area (Å²) in [5.41, 5.74) is 0.0228. The second kappa shape index (κ2) is 8.05. The Morgan fingerprint density at radius 1 is 1.15 bits per heavy atom. The van der Waals surface area contributed by atoms with Crippen LogP contribution in [0.2, 0.25) is 5.02 Å². The van der Waals surface area contributed by atoms with Gasteiger partial charge in [-0.2, -0.15) is 0 Å². The molecule has 0 aliphatic heterocycles. The molecule has 1 amide bonds. The SMILES string of the molecule is CC[C@@H](Oc1ccc2ccccc2c1)C(=O)Nc1cc([N+](=O)[O-])ccc1Cl. The Morgan fingerprint density at radius 3 is 2.59 bits per heavy atom. The average molecular weight is 385 g/mol. The van der Waals surface area contributed by atoms with Gasteiger partial charge in [0.05, 0.1) is 15.6 Å². The Balaban J connectivity index is 1.77. The molecule has 0 saturated heterocycles. The highest BCUT2D eigenvalue weighted by Gasteiger charge is 2.21. The van der Waals surface area contributed by atoms with Gasteiger partial charge in [0, 0.05) is 12.1 Å². The molecule has 0 saturated carbocycles. The van der Waals surface area contributed by atoms with Crippen LogP contribution in [0.15, 0.2) is 60.7 Å². The van der Waals surface area contributed by atoms with Crippen molar-refractivity contribution in [1.29, 1.82) is 0 Å². The zero-order chi connectivity index (χ0) is 19.4. The lowest BCUT2D eigenvalue weighted by molar-refractivity contribution is -0.384. The van der Waals surface area contributed by atoms with Crippen molar-refractivity contribution < 1.29 is 14.5 Å². The highest BCUT2D eigenvalue weighted by atomic mass is 35.5. The number of nitrogens with one attached hydrogen (secondary N) is 1. The van der Waals surface area contributed by atoms with Crippen LogP contribution in [0, 0.1) is 10.1 Å². The quantitative estimate of drug-likeness (QED) is 0.468. The topological polar surface area (TPSA) is 81.5 Å². The number of halogens is 1. The molecule has 0 fully saturated rings. The number of hydrogen-bond donors (Lipinski definition) is 1. The van der Waals surface area contributed by atoms with Gasteiger partial charge in [-0.3, -0.25) is 14.9 Å². The zero-order valence-electron chi connectivity index (χ0n) is 14.5. The minimum Gasteiger partial charge on any atom is -0.481 e. The maximum atomic E-state index is 12.6. The van der Waals surface area contributed by atoms with Gasteiger partial charge in [0.15, 0.2) is 6.10 Å². The van der Waals surface area contributed by atoms with Gasteiger partial charge >= 0.3 is 0 Å². The molecule has 0 bridgehead atoms. The highest BCUT2D eigenvalue weighted by molar-refractivity contribution is 6.33. The molecule has 0 aliphatic rings. The number of nitrogens with zero attached hydrogens (tertiary/aromatic N) is 1. The third-order valence-corrected chi connectivity index (χ3v) is 4.41. The minimum atomic E-state index is -0.763. The van der Waals surface area contributed by atoms with Crippen LogP contribution in [0.5, 0.6) is 5.75 Å². The van der Waals surface area contributed by atoms with Crippen molar-refractivity contribution in [1.82, 2.24) is 0 Å². The second-order valence-electron chi connectivity index (χ2n) is 5.93. The number of carbonyl (C=O) groups is 1. The Labute approximate surface area is 160 Å². The van der Waals surface area contributed by atoms with Gasteiger partial charge in [-0.25, -0.2) is 0 Å². The van der Waals surface area contributed by atoms with E-state index in [1.165, 1.54) is 18.2 Å². The van der Waals surface area contributed by atoms with Gasteiger partial charge in [0.2, 0.25) is 0 Å². The number of nitro groups is 1. The number of benzene rings is 3. The normalized spacial score (nSPS) is 11.8. The van der Waals surface area contributed by atoms with E-state index in [1.807, 2.05) is 43.3 Å². The van der Waals surface area contributed by atoms with Crippen LogP contribution in [0.3, 0.4) is 0 Å². The molecule has 7 heteroatoms. The first-order chi connectivity index (χ1) is 13.0. The predicted molar refractivity (Wildman–Crippen MR) is 105 cm³/mol. The Bertz CT molecular complexity index is 1010. The van der Waals surface area contributed by atoms with E-state index in [-0.39, 0.29) is 16.4 Å². The minimum absolute atomic E-state index is 0.154. The molecule has 1 atom stereocenters. The number of nitro benzene ring substituents is 1. The average Bonchev–Trinajstić information content (AvgIpc) is 2.67. The molecular formula is C20H17ClN2O4. The third kappa shape index (κ3) is 4.35. The van der Waals surface area contributed by atoms with Crippen LogP contribution in [0.25, 0.3) is 10.8 Å². The molecule has 0 heterocycles. The number of fused-ring (bicyclic) bond motifs is 1. The lowest BCUT2D eigenvalue weighted by Gasteiger charge is -2.18. The number of carbonyl (C=O) groups excluding carboxylic acids is 1. The Hall–Kier alpha value is -3.12. The van der Waals surface area contributed by atoms with Crippen molar-refractivity contribution in [3.8, 4) is 5.75 Å². The Kier molecular flexibility index (Phi) is 5.57. The fraction of sp³-hybridized carbons (Fsp3) is 0.150. The second-order valence-corrected chi connectivity index (χ2v) is 6.34. The number of rotatable bonds is 6. The smallest absolute Gasteiger partial charge is 0.271 e. The van der Waals surface area contributed by atoms with Crippen molar-refractivity contribution in [2.24, 2.45) is 0 Å². The predicted octanol–water partition coefficient (Wildman–Crippen LogP) is 5.20. The number of amides is 1. The molecule has 3 aromatic rings. The summed E-state index contributed by atoms with van der Waals surface area (Å²) in [6.07, 6.45) is -0.341. The highest BCUT2D eigenvalue weighted by Crippen LogP contribution is 2.27. The van der Waals surface area contributed by atoms with Crippen molar-refractivity contribution in [2.75, 3.05) is 5.32 Å². The van der Waals surface area contributed by atoms with E-state index in [0.29, 0.717) is 12.2 Å². The van der Waals surface area contributed by atoms with Crippen molar-refractivity contribution in [3.05, 3.63) is 75.8 Å². The first kappa shape index (κ1) is 18.7. The van der Waals surface area contributed by atoms with Gasteiger partial charge in [-0.05, 0) is 35.4 Å². The maximum absolute atomic E-state index is 12.6. The number of ether oxygens (including phenoxy) is 1. The summed E-state index contributed by atoms with van der Waals surface area (Å²) in [6, 6.07) is 17.3. The fourth-order valence-corrected chi connectivity index (χ4v) is 2.83. The zero-order valence-corrected chi connectivity index (χ0v) is 15.3. The van der Waals surface area contributed by atoms with E-state index < -0.39 is 16.9 Å². The molecule has 6 nitrogen and oxygen atoms in total. The fourth-order valence-electron chi connectivity index (χ4n) is 2.66. The van der Waals surface area contributed by atoms with Crippen LogP contribution >= 0.6 is 11.6 Å². The lowest BCUT2D eigenvalue weighted by atomic mass is 10.1. The van der Waals surface area contributed by atoms with Crippen LogP contribution in [0.1, 0.15) is 13.3 Å². The number of anilines is 1.